The quantitative estimate of drug-likeness (QED) is 0.916. The third-order valence-corrected chi connectivity index (χ3v) is 5.18. The highest BCUT2D eigenvalue weighted by molar-refractivity contribution is 6.30. The van der Waals surface area contributed by atoms with Gasteiger partial charge in [0.05, 0.1) is 18.2 Å². The molecule has 1 aliphatic heterocycles. The molecule has 3 rings (SSSR count). The van der Waals surface area contributed by atoms with Crippen LogP contribution in [-0.4, -0.2) is 19.8 Å². The largest absolute Gasteiger partial charge is 0.379 e. The maximum atomic E-state index is 13.3. The topological polar surface area (TPSA) is 35.2 Å². The van der Waals surface area contributed by atoms with E-state index >= 15 is 0 Å². The van der Waals surface area contributed by atoms with Crippen molar-refractivity contribution >= 4 is 11.6 Å². The highest BCUT2D eigenvalue weighted by atomic mass is 35.5. The van der Waals surface area contributed by atoms with Gasteiger partial charge in [0.25, 0.3) is 0 Å². The molecule has 0 unspecified atom stereocenters. The predicted octanol–water partition coefficient (Wildman–Crippen LogP) is 2.88. The third-order valence-electron chi connectivity index (χ3n) is 4.89. The van der Waals surface area contributed by atoms with Crippen molar-refractivity contribution in [3.63, 3.8) is 0 Å². The molecule has 2 N–H and O–H groups in total. The standard InChI is InChI=1S/C14H17ClFNO/c15-11-6-10(2-3-12(11)16)14(8-18-9-14)13(7-17)4-1-5-13/h2-3,6H,1,4-5,7-9,17H2. The second-order valence-corrected chi connectivity index (χ2v) is 5.95. The number of hydrogen-bond donors (Lipinski definition) is 1. The maximum Gasteiger partial charge on any atom is 0.141 e. The first-order chi connectivity index (χ1) is 8.63. The van der Waals surface area contributed by atoms with Gasteiger partial charge in [0, 0.05) is 5.41 Å². The molecule has 4 heteroatoms. The summed E-state index contributed by atoms with van der Waals surface area (Å²) in [6.45, 7) is 2.00. The summed E-state index contributed by atoms with van der Waals surface area (Å²) >= 11 is 5.91. The zero-order chi connectivity index (χ0) is 12.8. The van der Waals surface area contributed by atoms with Crippen LogP contribution in [0.3, 0.4) is 0 Å². The van der Waals surface area contributed by atoms with E-state index in [9.17, 15) is 4.39 Å². The van der Waals surface area contributed by atoms with Crippen LogP contribution in [0.25, 0.3) is 0 Å². The molecule has 1 saturated carbocycles. The molecule has 0 atom stereocenters. The second-order valence-electron chi connectivity index (χ2n) is 5.54. The van der Waals surface area contributed by atoms with Gasteiger partial charge >= 0.3 is 0 Å². The lowest BCUT2D eigenvalue weighted by Crippen LogP contribution is -2.64. The molecule has 2 fully saturated rings. The molecule has 0 amide bonds. The fourth-order valence-electron chi connectivity index (χ4n) is 3.36. The predicted molar refractivity (Wildman–Crippen MR) is 69.2 cm³/mol. The first kappa shape index (κ1) is 12.4. The Balaban J connectivity index is 2.03. The Hall–Kier alpha value is -0.640. The molecule has 1 saturated heterocycles. The van der Waals surface area contributed by atoms with Gasteiger partial charge in [-0.2, -0.15) is 0 Å². The highest BCUT2D eigenvalue weighted by Gasteiger charge is 2.58. The lowest BCUT2D eigenvalue weighted by atomic mass is 9.50. The van der Waals surface area contributed by atoms with Crippen molar-refractivity contribution in [2.24, 2.45) is 11.1 Å². The Morgan fingerprint density at radius 1 is 1.33 bits per heavy atom. The van der Waals surface area contributed by atoms with E-state index in [-0.39, 0.29) is 21.7 Å². The molecule has 1 aliphatic carbocycles. The van der Waals surface area contributed by atoms with Crippen molar-refractivity contribution in [2.75, 3.05) is 19.8 Å². The van der Waals surface area contributed by atoms with Crippen molar-refractivity contribution in [3.05, 3.63) is 34.6 Å². The number of ether oxygens (including phenoxy) is 1. The summed E-state index contributed by atoms with van der Waals surface area (Å²) in [6, 6.07) is 5.02. The summed E-state index contributed by atoms with van der Waals surface area (Å²) in [5.41, 5.74) is 7.14. The fraction of sp³-hybridized carbons (Fsp3) is 0.571. The number of rotatable bonds is 3. The first-order valence-corrected chi connectivity index (χ1v) is 6.75. The van der Waals surface area contributed by atoms with Crippen molar-refractivity contribution in [3.8, 4) is 0 Å². The average molecular weight is 270 g/mol. The summed E-state index contributed by atoms with van der Waals surface area (Å²) in [5.74, 6) is -0.369. The molecular formula is C14H17ClFNO. The van der Waals surface area contributed by atoms with Crippen LogP contribution in [0.2, 0.25) is 5.02 Å². The van der Waals surface area contributed by atoms with E-state index in [1.807, 2.05) is 6.07 Å². The minimum atomic E-state index is -0.369. The smallest absolute Gasteiger partial charge is 0.141 e. The van der Waals surface area contributed by atoms with E-state index in [4.69, 9.17) is 22.1 Å². The minimum Gasteiger partial charge on any atom is -0.379 e. The van der Waals surface area contributed by atoms with Crippen LogP contribution in [0.5, 0.6) is 0 Å². The lowest BCUT2D eigenvalue weighted by Gasteiger charge is -2.60. The van der Waals surface area contributed by atoms with Crippen molar-refractivity contribution in [2.45, 2.75) is 24.7 Å². The molecule has 0 bridgehead atoms. The van der Waals surface area contributed by atoms with Crippen LogP contribution in [-0.2, 0) is 10.2 Å². The normalized spacial score (nSPS) is 24.2. The molecule has 2 nitrogen and oxygen atoms in total. The van der Waals surface area contributed by atoms with Gasteiger partial charge in [-0.25, -0.2) is 4.39 Å². The summed E-state index contributed by atoms with van der Waals surface area (Å²) in [6.07, 6.45) is 3.47. The number of nitrogens with two attached hydrogens (primary N) is 1. The van der Waals surface area contributed by atoms with Gasteiger partial charge in [0.15, 0.2) is 0 Å². The molecular weight excluding hydrogens is 253 g/mol. The Kier molecular flexibility index (Phi) is 2.88. The zero-order valence-corrected chi connectivity index (χ0v) is 11.0. The highest BCUT2D eigenvalue weighted by Crippen LogP contribution is 2.58. The van der Waals surface area contributed by atoms with E-state index in [0.29, 0.717) is 19.8 Å². The van der Waals surface area contributed by atoms with Gasteiger partial charge in [-0.15, -0.1) is 0 Å². The molecule has 98 valence electrons. The Morgan fingerprint density at radius 3 is 2.44 bits per heavy atom. The van der Waals surface area contributed by atoms with E-state index in [1.54, 1.807) is 6.07 Å². The molecule has 1 aromatic carbocycles. The number of halogens is 2. The monoisotopic (exact) mass is 269 g/mol. The molecule has 0 aromatic heterocycles. The Labute approximate surface area is 111 Å². The van der Waals surface area contributed by atoms with Crippen molar-refractivity contribution in [1.29, 1.82) is 0 Å². The van der Waals surface area contributed by atoms with Gasteiger partial charge in [0.2, 0.25) is 0 Å². The number of hydrogen-bond acceptors (Lipinski definition) is 2. The van der Waals surface area contributed by atoms with Gasteiger partial charge < -0.3 is 10.5 Å². The summed E-state index contributed by atoms with van der Waals surface area (Å²) in [7, 11) is 0. The zero-order valence-electron chi connectivity index (χ0n) is 10.2. The van der Waals surface area contributed by atoms with Gasteiger partial charge in [-0.1, -0.05) is 24.1 Å². The average Bonchev–Trinajstić information content (AvgIpc) is 2.25. The van der Waals surface area contributed by atoms with Crippen LogP contribution in [0.1, 0.15) is 24.8 Å². The van der Waals surface area contributed by atoms with E-state index < -0.39 is 0 Å². The SMILES string of the molecule is NCC1(C2(c3ccc(F)c(Cl)c3)COC2)CCC1. The van der Waals surface area contributed by atoms with Crippen LogP contribution < -0.4 is 5.73 Å². The fourth-order valence-corrected chi connectivity index (χ4v) is 3.54. The van der Waals surface area contributed by atoms with Crippen LogP contribution >= 0.6 is 11.6 Å². The molecule has 1 aromatic rings. The first-order valence-electron chi connectivity index (χ1n) is 6.37. The third kappa shape index (κ3) is 1.47. The molecule has 2 aliphatic rings. The lowest BCUT2D eigenvalue weighted by molar-refractivity contribution is -0.154. The van der Waals surface area contributed by atoms with Gasteiger partial charge in [-0.3, -0.25) is 0 Å². The van der Waals surface area contributed by atoms with Crippen LogP contribution in [0, 0.1) is 11.2 Å². The Bertz CT molecular complexity index is 463. The van der Waals surface area contributed by atoms with Crippen molar-refractivity contribution in [1.82, 2.24) is 0 Å². The summed E-state index contributed by atoms with van der Waals surface area (Å²) < 4.78 is 18.7. The molecule has 0 radical (unpaired) electrons. The van der Waals surface area contributed by atoms with E-state index in [1.165, 1.54) is 12.5 Å². The molecule has 1 heterocycles. The summed E-state index contributed by atoms with van der Waals surface area (Å²) in [4.78, 5) is 0. The number of benzene rings is 1. The minimum absolute atomic E-state index is 0.0582. The maximum absolute atomic E-state index is 13.3. The van der Waals surface area contributed by atoms with Crippen LogP contribution in [0.15, 0.2) is 18.2 Å². The van der Waals surface area contributed by atoms with Gasteiger partial charge in [0.1, 0.15) is 5.82 Å². The van der Waals surface area contributed by atoms with E-state index in [2.05, 4.69) is 0 Å². The van der Waals surface area contributed by atoms with Crippen LogP contribution in [0.4, 0.5) is 4.39 Å². The van der Waals surface area contributed by atoms with Crippen molar-refractivity contribution < 1.29 is 9.13 Å². The summed E-state index contributed by atoms with van der Waals surface area (Å²) in [5, 5.41) is 0.185. The molecule has 0 spiro atoms. The molecule has 18 heavy (non-hydrogen) atoms. The Morgan fingerprint density at radius 2 is 2.06 bits per heavy atom. The van der Waals surface area contributed by atoms with Gasteiger partial charge in [-0.05, 0) is 42.5 Å². The second kappa shape index (κ2) is 4.19. The van der Waals surface area contributed by atoms with E-state index in [0.717, 1.165) is 18.4 Å².